The monoisotopic (exact) mass is 486 g/mol. The molecule has 176 valence electrons. The van der Waals surface area contributed by atoms with Crippen molar-refractivity contribution in [2.75, 3.05) is 5.32 Å². The Kier molecular flexibility index (Phi) is 6.50. The van der Waals surface area contributed by atoms with Crippen LogP contribution in [0.15, 0.2) is 96.5 Å². The Balaban J connectivity index is 1.38. The van der Waals surface area contributed by atoms with Crippen molar-refractivity contribution < 1.29 is 14.3 Å². The van der Waals surface area contributed by atoms with E-state index < -0.39 is 12.0 Å². The van der Waals surface area contributed by atoms with Gasteiger partial charge in [0, 0.05) is 16.3 Å². The van der Waals surface area contributed by atoms with Gasteiger partial charge in [-0.25, -0.2) is 9.48 Å². The number of anilines is 1. The number of rotatable bonds is 7. The lowest BCUT2D eigenvalue weighted by Crippen LogP contribution is -2.29. The van der Waals surface area contributed by atoms with Crippen molar-refractivity contribution >= 4 is 23.5 Å². The maximum absolute atomic E-state index is 13.2. The summed E-state index contributed by atoms with van der Waals surface area (Å²) < 4.78 is 13.3. The first kappa shape index (κ1) is 22.7. The van der Waals surface area contributed by atoms with Crippen molar-refractivity contribution in [3.8, 4) is 5.75 Å². The van der Waals surface area contributed by atoms with E-state index in [1.165, 1.54) is 6.33 Å². The molecule has 2 heterocycles. The number of carbonyl (C=O) groups is 1. The number of fused-ring (bicyclic) bond motifs is 1. The molecule has 0 spiro atoms. The highest BCUT2D eigenvalue weighted by Gasteiger charge is 2.34. The summed E-state index contributed by atoms with van der Waals surface area (Å²) in [6.07, 6.45) is 1.46. The minimum Gasteiger partial charge on any atom is -0.489 e. The van der Waals surface area contributed by atoms with E-state index in [4.69, 9.17) is 21.1 Å². The Morgan fingerprint density at radius 1 is 1.00 bits per heavy atom. The van der Waals surface area contributed by atoms with Crippen LogP contribution in [-0.4, -0.2) is 20.7 Å². The Morgan fingerprint density at radius 3 is 2.51 bits per heavy atom. The van der Waals surface area contributed by atoms with Gasteiger partial charge < -0.3 is 14.8 Å². The smallest absolute Gasteiger partial charge is 0.338 e. The number of esters is 1. The summed E-state index contributed by atoms with van der Waals surface area (Å²) in [7, 11) is 0. The van der Waals surface area contributed by atoms with Gasteiger partial charge in [-0.2, -0.15) is 10.1 Å². The first-order valence-corrected chi connectivity index (χ1v) is 11.5. The molecule has 1 atom stereocenters. The minimum absolute atomic E-state index is 0.183. The average Bonchev–Trinajstić information content (AvgIpc) is 3.35. The molecule has 1 aliphatic rings. The Labute approximate surface area is 208 Å². The third-order valence-corrected chi connectivity index (χ3v) is 6.14. The molecule has 0 saturated carbocycles. The van der Waals surface area contributed by atoms with E-state index in [1.54, 1.807) is 4.68 Å². The van der Waals surface area contributed by atoms with Gasteiger partial charge in [0.2, 0.25) is 5.95 Å². The third-order valence-electron chi connectivity index (χ3n) is 5.78. The van der Waals surface area contributed by atoms with Crippen molar-refractivity contribution in [3.63, 3.8) is 0 Å². The molecule has 1 unspecified atom stereocenters. The topological polar surface area (TPSA) is 78.3 Å². The van der Waals surface area contributed by atoms with Gasteiger partial charge in [-0.1, -0.05) is 72.3 Å². The average molecular weight is 487 g/mol. The van der Waals surface area contributed by atoms with Gasteiger partial charge in [0.1, 0.15) is 31.3 Å². The van der Waals surface area contributed by atoms with Crippen molar-refractivity contribution in [1.29, 1.82) is 0 Å². The number of nitrogens with zero attached hydrogens (tertiary/aromatic N) is 3. The van der Waals surface area contributed by atoms with E-state index >= 15 is 0 Å². The predicted molar refractivity (Wildman–Crippen MR) is 133 cm³/mol. The predicted octanol–water partition coefficient (Wildman–Crippen LogP) is 5.54. The zero-order chi connectivity index (χ0) is 24.2. The zero-order valence-electron chi connectivity index (χ0n) is 19.0. The lowest BCUT2D eigenvalue weighted by atomic mass is 9.95. The first-order chi connectivity index (χ1) is 17.1. The minimum atomic E-state index is -0.491. The number of halogens is 1. The van der Waals surface area contributed by atoms with Gasteiger partial charge in [-0.3, -0.25) is 0 Å². The maximum atomic E-state index is 13.2. The standard InChI is InChI=1S/C27H23ClN4O3/c1-18-24(26(33)35-15-19-7-3-2-4-8-19)25(32-27(31-18)29-17-30-32)20-11-13-22(14-12-20)34-16-21-9-5-6-10-23(21)28/h2-14,17,25H,15-16H2,1H3,(H,29,30,31). The van der Waals surface area contributed by atoms with Crippen LogP contribution in [0.25, 0.3) is 0 Å². The molecule has 0 saturated heterocycles. The quantitative estimate of drug-likeness (QED) is 0.345. The third kappa shape index (κ3) is 4.90. The van der Waals surface area contributed by atoms with Crippen LogP contribution in [-0.2, 0) is 22.7 Å². The Bertz CT molecular complexity index is 1370. The van der Waals surface area contributed by atoms with Crippen LogP contribution in [0, 0.1) is 0 Å². The largest absolute Gasteiger partial charge is 0.489 e. The molecule has 0 fully saturated rings. The summed E-state index contributed by atoms with van der Waals surface area (Å²) in [5.41, 5.74) is 3.83. The number of nitrogens with one attached hydrogen (secondary N) is 1. The van der Waals surface area contributed by atoms with E-state index in [-0.39, 0.29) is 6.61 Å². The summed E-state index contributed by atoms with van der Waals surface area (Å²) in [5.74, 6) is 0.838. The SMILES string of the molecule is CC1=C(C(=O)OCc2ccccc2)C(c2ccc(OCc3ccccc3Cl)cc2)n2ncnc2N1. The molecular formula is C27H23ClN4O3. The van der Waals surface area contributed by atoms with Crippen molar-refractivity contribution in [2.24, 2.45) is 0 Å². The fourth-order valence-corrected chi connectivity index (χ4v) is 4.18. The second-order valence-electron chi connectivity index (χ2n) is 8.11. The number of carbonyl (C=O) groups excluding carboxylic acids is 1. The van der Waals surface area contributed by atoms with Crippen LogP contribution >= 0.6 is 11.6 Å². The number of aromatic nitrogens is 3. The number of hydrogen-bond acceptors (Lipinski definition) is 6. The highest BCUT2D eigenvalue weighted by Crippen LogP contribution is 2.36. The van der Waals surface area contributed by atoms with Crippen LogP contribution in [0.2, 0.25) is 5.02 Å². The van der Waals surface area contributed by atoms with Crippen LogP contribution < -0.4 is 10.1 Å². The highest BCUT2D eigenvalue weighted by molar-refractivity contribution is 6.31. The lowest BCUT2D eigenvalue weighted by Gasteiger charge is -2.28. The van der Waals surface area contributed by atoms with E-state index in [0.717, 1.165) is 16.7 Å². The number of ether oxygens (including phenoxy) is 2. The molecule has 35 heavy (non-hydrogen) atoms. The molecule has 0 radical (unpaired) electrons. The maximum Gasteiger partial charge on any atom is 0.338 e. The lowest BCUT2D eigenvalue weighted by molar-refractivity contribution is -0.140. The normalized spacial score (nSPS) is 14.7. The molecule has 4 aromatic rings. The molecule has 0 amide bonds. The molecule has 1 aliphatic heterocycles. The molecule has 0 bridgehead atoms. The molecule has 8 heteroatoms. The Morgan fingerprint density at radius 2 is 1.74 bits per heavy atom. The van der Waals surface area contributed by atoms with E-state index in [1.807, 2.05) is 85.8 Å². The van der Waals surface area contributed by atoms with Crippen LogP contribution in [0.5, 0.6) is 5.75 Å². The molecule has 0 aliphatic carbocycles. The number of hydrogen-bond donors (Lipinski definition) is 1. The first-order valence-electron chi connectivity index (χ1n) is 11.1. The summed E-state index contributed by atoms with van der Waals surface area (Å²) in [6.45, 7) is 2.38. The second kappa shape index (κ2) is 10.0. The molecule has 3 aromatic carbocycles. The molecule has 5 rings (SSSR count). The van der Waals surface area contributed by atoms with Gasteiger partial charge in [-0.15, -0.1) is 0 Å². The Hall–Kier alpha value is -4.10. The van der Waals surface area contributed by atoms with Gasteiger partial charge in [0.25, 0.3) is 0 Å². The molecule has 1 N–H and O–H groups in total. The van der Waals surface area contributed by atoms with Gasteiger partial charge >= 0.3 is 5.97 Å². The molecular weight excluding hydrogens is 464 g/mol. The highest BCUT2D eigenvalue weighted by atomic mass is 35.5. The summed E-state index contributed by atoms with van der Waals surface area (Å²) in [5, 5.41) is 8.18. The summed E-state index contributed by atoms with van der Waals surface area (Å²) in [4.78, 5) is 17.5. The van der Waals surface area contributed by atoms with Crippen molar-refractivity contribution in [2.45, 2.75) is 26.2 Å². The zero-order valence-corrected chi connectivity index (χ0v) is 19.8. The van der Waals surface area contributed by atoms with Crippen LogP contribution in [0.4, 0.5) is 5.95 Å². The van der Waals surface area contributed by atoms with Gasteiger partial charge in [0.15, 0.2) is 0 Å². The van der Waals surface area contributed by atoms with Crippen molar-refractivity contribution in [1.82, 2.24) is 14.8 Å². The van der Waals surface area contributed by atoms with Crippen molar-refractivity contribution in [3.05, 3.63) is 118 Å². The van der Waals surface area contributed by atoms with E-state index in [9.17, 15) is 4.79 Å². The van der Waals surface area contributed by atoms with Gasteiger partial charge in [0.05, 0.1) is 5.57 Å². The van der Waals surface area contributed by atoms with Crippen LogP contribution in [0.3, 0.4) is 0 Å². The summed E-state index contributed by atoms with van der Waals surface area (Å²) >= 11 is 6.23. The van der Waals surface area contributed by atoms with E-state index in [2.05, 4.69) is 15.4 Å². The number of benzene rings is 3. The second-order valence-corrected chi connectivity index (χ2v) is 8.51. The van der Waals surface area contributed by atoms with Gasteiger partial charge in [-0.05, 0) is 36.2 Å². The van der Waals surface area contributed by atoms with E-state index in [0.29, 0.717) is 34.6 Å². The van der Waals surface area contributed by atoms with Crippen LogP contribution in [0.1, 0.15) is 29.7 Å². The number of allylic oxidation sites excluding steroid dienone is 1. The fraction of sp³-hybridized carbons (Fsp3) is 0.148. The fourth-order valence-electron chi connectivity index (χ4n) is 3.99. The molecule has 1 aromatic heterocycles. The molecule has 7 nitrogen and oxygen atoms in total. The summed E-state index contributed by atoms with van der Waals surface area (Å²) in [6, 6.07) is 24.2.